The Labute approximate surface area is 304 Å². The Balaban J connectivity index is 1.25. The largest absolute Gasteiger partial charge is 0.481 e. The van der Waals surface area contributed by atoms with Crippen molar-refractivity contribution in [1.29, 1.82) is 0 Å². The number of carbonyl (C=O) groups excluding carboxylic acids is 1. The number of nitrogens with zero attached hydrogens (tertiary/aromatic N) is 4. The number of carbonyl (C=O) groups is 1. The molecule has 2 aromatic carbocycles. The average Bonchev–Trinajstić information content (AvgIpc) is 3.74. The molecule has 52 heavy (non-hydrogen) atoms. The zero-order valence-corrected chi connectivity index (χ0v) is 29.6. The summed E-state index contributed by atoms with van der Waals surface area (Å²) in [4.78, 5) is 46.0. The number of fused-ring (bicyclic) bond motifs is 2. The smallest absolute Gasteiger partial charge is 0.433 e. The number of anilines is 2. The van der Waals surface area contributed by atoms with Crippen molar-refractivity contribution in [3.8, 4) is 28.3 Å². The van der Waals surface area contributed by atoms with E-state index in [4.69, 9.17) is 32.9 Å². The molecule has 1 saturated heterocycles. The first kappa shape index (κ1) is 35.5. The third-order valence-corrected chi connectivity index (χ3v) is 10.4. The molecule has 2 aliphatic rings. The third kappa shape index (κ3) is 6.28. The summed E-state index contributed by atoms with van der Waals surface area (Å²) in [6.45, 7) is 0.639. The van der Waals surface area contributed by atoms with Crippen molar-refractivity contribution in [2.45, 2.75) is 43.9 Å². The Kier molecular flexibility index (Phi) is 9.26. The fourth-order valence-electron chi connectivity index (χ4n) is 6.95. The second kappa shape index (κ2) is 13.6. The van der Waals surface area contributed by atoms with Gasteiger partial charge < -0.3 is 20.7 Å². The van der Waals surface area contributed by atoms with E-state index in [2.05, 4.69) is 20.9 Å². The Morgan fingerprint density at radius 3 is 2.35 bits per heavy atom. The molecule has 3 N–H and O–H groups in total. The van der Waals surface area contributed by atoms with E-state index < -0.39 is 28.9 Å². The molecule has 4 heterocycles. The number of nitrogens with one attached hydrogen (secondary N) is 3. The van der Waals surface area contributed by atoms with Crippen LogP contribution in [0.25, 0.3) is 33.3 Å². The summed E-state index contributed by atoms with van der Waals surface area (Å²) in [5, 5.41) is 9.57. The molecule has 1 amide bonds. The van der Waals surface area contributed by atoms with E-state index in [9.17, 15) is 27.6 Å². The molecule has 3 aromatic heterocycles. The summed E-state index contributed by atoms with van der Waals surface area (Å²) in [6.07, 6.45) is -1.94. The number of aromatic nitrogens is 4. The summed E-state index contributed by atoms with van der Waals surface area (Å²) in [5.74, 6) is 0.108. The minimum Gasteiger partial charge on any atom is -0.481 e. The summed E-state index contributed by atoms with van der Waals surface area (Å²) in [7, 11) is 4.07. The Hall–Kier alpha value is -4.92. The zero-order chi connectivity index (χ0) is 37.1. The molecular weight excluding hydrogens is 722 g/mol. The van der Waals surface area contributed by atoms with Crippen molar-refractivity contribution < 1.29 is 22.7 Å². The zero-order valence-electron chi connectivity index (χ0n) is 28.1. The molecule has 1 aliphatic carbocycles. The van der Waals surface area contributed by atoms with Gasteiger partial charge in [0.15, 0.2) is 0 Å². The number of pyridine rings is 2. The predicted molar refractivity (Wildman–Crippen MR) is 192 cm³/mol. The quantitative estimate of drug-likeness (QED) is 0.169. The third-order valence-electron chi connectivity index (χ3n) is 9.61. The fourth-order valence-corrected chi connectivity index (χ4v) is 7.55. The van der Waals surface area contributed by atoms with Gasteiger partial charge >= 0.3 is 11.9 Å². The standard InChI is InChI=1S/C36H32Cl2F3N7O4/c1-47-25-15-26(36(39,40)41)46-32(29(25)34(50)48(2)35(47)51)44-23-9-5-7-20(31(23)38)19-6-4-8-21(30(19)37)24-14-17-10-12-22(28(17)33(45-24)52-3)42-16-18-11-13-27(49)43-18/h4-9,14-15,18,22,42H,10-13,16H2,1-3H3,(H,43,49)(H,44,46)/t18-,22+/m1/s1. The highest BCUT2D eigenvalue weighted by Crippen LogP contribution is 2.44. The fraction of sp³-hybridized carbons (Fsp3) is 0.306. The van der Waals surface area contributed by atoms with Gasteiger partial charge in [0, 0.05) is 61.4 Å². The molecule has 0 unspecified atom stereocenters. The number of alkyl halides is 3. The van der Waals surface area contributed by atoms with Crippen LogP contribution in [0.4, 0.5) is 24.7 Å². The van der Waals surface area contributed by atoms with Gasteiger partial charge in [0.25, 0.3) is 5.56 Å². The lowest BCUT2D eigenvalue weighted by molar-refractivity contribution is -0.141. The van der Waals surface area contributed by atoms with Crippen LogP contribution in [0.5, 0.6) is 5.88 Å². The van der Waals surface area contributed by atoms with Crippen molar-refractivity contribution in [3.05, 3.63) is 96.2 Å². The van der Waals surface area contributed by atoms with Crippen LogP contribution in [0, 0.1) is 0 Å². The van der Waals surface area contributed by atoms with E-state index in [1.807, 2.05) is 12.1 Å². The van der Waals surface area contributed by atoms with Gasteiger partial charge in [-0.1, -0.05) is 53.5 Å². The Morgan fingerprint density at radius 2 is 1.65 bits per heavy atom. The normalized spacial score (nSPS) is 17.0. The number of hydrogen-bond acceptors (Lipinski definition) is 8. The van der Waals surface area contributed by atoms with Gasteiger partial charge in [0.05, 0.1) is 34.1 Å². The van der Waals surface area contributed by atoms with Crippen molar-refractivity contribution in [3.63, 3.8) is 0 Å². The summed E-state index contributed by atoms with van der Waals surface area (Å²) in [6, 6.07) is 13.0. The first-order valence-electron chi connectivity index (χ1n) is 16.4. The Bertz CT molecular complexity index is 2400. The second-order valence-electron chi connectivity index (χ2n) is 12.8. The van der Waals surface area contributed by atoms with E-state index in [-0.39, 0.29) is 39.6 Å². The molecule has 2 atom stereocenters. The minimum absolute atomic E-state index is 0.00774. The van der Waals surface area contributed by atoms with Gasteiger partial charge in [0.1, 0.15) is 16.9 Å². The monoisotopic (exact) mass is 753 g/mol. The SMILES string of the molecule is COc1nc(-c2cccc(-c3cccc(Nc4nc(C(F)(F)F)cc5c4c(=O)n(C)c(=O)n5C)c3Cl)c2Cl)cc2c1[C@@H](NC[C@H]1CCC(=O)N1)CC2. The van der Waals surface area contributed by atoms with Crippen LogP contribution in [0.15, 0.2) is 58.1 Å². The van der Waals surface area contributed by atoms with Crippen LogP contribution in [0.1, 0.15) is 42.1 Å². The van der Waals surface area contributed by atoms with E-state index in [1.54, 1.807) is 31.4 Å². The lowest BCUT2D eigenvalue weighted by atomic mass is 9.99. The molecular formula is C36H32Cl2F3N7O4. The molecule has 270 valence electrons. The number of rotatable bonds is 8. The number of methoxy groups -OCH3 is 1. The molecule has 5 aromatic rings. The van der Waals surface area contributed by atoms with Crippen molar-refractivity contribution in [2.24, 2.45) is 14.1 Å². The van der Waals surface area contributed by atoms with Crippen molar-refractivity contribution in [2.75, 3.05) is 19.0 Å². The highest BCUT2D eigenvalue weighted by atomic mass is 35.5. The van der Waals surface area contributed by atoms with Crippen LogP contribution >= 0.6 is 23.2 Å². The molecule has 1 aliphatic heterocycles. The second-order valence-corrected chi connectivity index (χ2v) is 13.6. The molecule has 7 rings (SSSR count). The van der Waals surface area contributed by atoms with Gasteiger partial charge in [0.2, 0.25) is 11.8 Å². The highest BCUT2D eigenvalue weighted by Gasteiger charge is 2.35. The maximum absolute atomic E-state index is 13.9. The van der Waals surface area contributed by atoms with Gasteiger partial charge in [-0.2, -0.15) is 13.2 Å². The van der Waals surface area contributed by atoms with E-state index >= 15 is 0 Å². The maximum atomic E-state index is 13.9. The first-order valence-corrected chi connectivity index (χ1v) is 17.2. The maximum Gasteiger partial charge on any atom is 0.433 e. The van der Waals surface area contributed by atoms with Crippen molar-refractivity contribution in [1.82, 2.24) is 29.7 Å². The number of aryl methyl sites for hydroxylation is 2. The molecule has 0 bridgehead atoms. The minimum atomic E-state index is -4.87. The van der Waals surface area contributed by atoms with Crippen molar-refractivity contribution >= 4 is 51.5 Å². The predicted octanol–water partition coefficient (Wildman–Crippen LogP) is 6.29. The summed E-state index contributed by atoms with van der Waals surface area (Å²) < 4.78 is 49.4. The average molecular weight is 755 g/mol. The lowest BCUT2D eigenvalue weighted by Crippen LogP contribution is -2.37. The highest BCUT2D eigenvalue weighted by molar-refractivity contribution is 6.39. The number of amides is 1. The number of ether oxygens (including phenoxy) is 1. The molecule has 0 saturated carbocycles. The van der Waals surface area contributed by atoms with Crippen LogP contribution in [0.3, 0.4) is 0 Å². The van der Waals surface area contributed by atoms with E-state index in [1.165, 1.54) is 20.2 Å². The van der Waals surface area contributed by atoms with E-state index in [0.717, 1.165) is 39.5 Å². The summed E-state index contributed by atoms with van der Waals surface area (Å²) in [5.41, 5.74) is 1.17. The van der Waals surface area contributed by atoms with Gasteiger partial charge in [-0.15, -0.1) is 0 Å². The van der Waals surface area contributed by atoms with Gasteiger partial charge in [-0.3, -0.25) is 18.7 Å². The van der Waals surface area contributed by atoms with Crippen LogP contribution in [-0.4, -0.2) is 44.7 Å². The van der Waals surface area contributed by atoms with E-state index in [0.29, 0.717) is 52.3 Å². The molecule has 11 nitrogen and oxygen atoms in total. The van der Waals surface area contributed by atoms with Gasteiger partial charge in [-0.25, -0.2) is 14.8 Å². The van der Waals surface area contributed by atoms with Crippen LogP contribution < -0.4 is 31.9 Å². The molecule has 16 heteroatoms. The number of benzene rings is 2. The lowest BCUT2D eigenvalue weighted by Gasteiger charge is -2.20. The molecule has 1 fully saturated rings. The number of hydrogen-bond donors (Lipinski definition) is 3. The Morgan fingerprint density at radius 1 is 0.942 bits per heavy atom. The first-order chi connectivity index (χ1) is 24.8. The summed E-state index contributed by atoms with van der Waals surface area (Å²) >= 11 is 14.0. The van der Waals surface area contributed by atoms with Crippen LogP contribution in [-0.2, 0) is 31.5 Å². The molecule has 0 spiro atoms. The van der Waals surface area contributed by atoms with Gasteiger partial charge in [-0.05, 0) is 43.0 Å². The topological polar surface area (TPSA) is 132 Å². The number of halogens is 5. The van der Waals surface area contributed by atoms with Crippen LogP contribution in [0.2, 0.25) is 10.0 Å². The molecule has 0 radical (unpaired) electrons.